The lowest BCUT2D eigenvalue weighted by molar-refractivity contribution is -0.384. The summed E-state index contributed by atoms with van der Waals surface area (Å²) in [5, 5.41) is 23.6. The predicted molar refractivity (Wildman–Crippen MR) is 140 cm³/mol. The van der Waals surface area contributed by atoms with Crippen LogP contribution in [0.3, 0.4) is 0 Å². The first-order valence-corrected chi connectivity index (χ1v) is 12.5. The molecule has 1 N–H and O–H groups in total. The minimum Gasteiger partial charge on any atom is -0.507 e. The number of aliphatic hydroxyl groups is 1. The minimum atomic E-state index is -1.18. The average molecular weight is 550 g/mol. The van der Waals surface area contributed by atoms with Gasteiger partial charge >= 0.3 is 5.91 Å². The molecule has 2 aliphatic rings. The van der Waals surface area contributed by atoms with E-state index in [0.29, 0.717) is 40.0 Å². The number of aromatic nitrogens is 1. The van der Waals surface area contributed by atoms with E-state index < -0.39 is 28.4 Å². The van der Waals surface area contributed by atoms with Gasteiger partial charge in [-0.3, -0.25) is 24.6 Å². The molecule has 4 aromatic rings. The standard InChI is InChI=1S/C26H16ClN3O7S/c27-15-5-6-17-20(12-15)38-26(28-17)29-22(13-2-1-3-16(10-13)30(34)35)21(24(32)25(29)33)23(31)14-4-7-18-19(11-14)37-9-8-36-18/h1-7,10-12,22,31H,8-9H2/b23-21+/t22-/m0/s1. The SMILES string of the molecule is O=C1C(=O)N(c2nc3ccc(Cl)cc3s2)[C@@H](c2cccc([N+](=O)[O-])c2)/C1=C(\O)c1ccc2c(c1)OCCO2. The lowest BCUT2D eigenvalue weighted by Crippen LogP contribution is -2.29. The van der Waals surface area contributed by atoms with E-state index in [2.05, 4.69) is 4.98 Å². The maximum Gasteiger partial charge on any atom is 0.301 e. The van der Waals surface area contributed by atoms with Crippen LogP contribution in [0.15, 0.2) is 66.2 Å². The number of Topliss-reactive ketones (excluding diaryl/α,β-unsaturated/α-hetero) is 1. The number of rotatable bonds is 4. The Kier molecular flexibility index (Phi) is 5.73. The number of anilines is 1. The molecule has 0 bridgehead atoms. The van der Waals surface area contributed by atoms with Crippen molar-refractivity contribution >= 4 is 61.4 Å². The van der Waals surface area contributed by atoms with Crippen molar-refractivity contribution in [2.24, 2.45) is 0 Å². The van der Waals surface area contributed by atoms with Gasteiger partial charge in [-0.05, 0) is 42.0 Å². The number of benzene rings is 3. The largest absolute Gasteiger partial charge is 0.507 e. The van der Waals surface area contributed by atoms with Crippen molar-refractivity contribution < 1.29 is 29.1 Å². The number of hydrogen-bond acceptors (Lipinski definition) is 9. The highest BCUT2D eigenvalue weighted by Crippen LogP contribution is 2.45. The summed E-state index contributed by atoms with van der Waals surface area (Å²) in [7, 11) is 0. The Labute approximate surface area is 223 Å². The molecule has 190 valence electrons. The van der Waals surface area contributed by atoms with E-state index >= 15 is 0 Å². The number of carbonyl (C=O) groups is 2. The van der Waals surface area contributed by atoms with Gasteiger partial charge in [0.2, 0.25) is 0 Å². The van der Waals surface area contributed by atoms with Gasteiger partial charge in [0.05, 0.1) is 26.8 Å². The Balaban J connectivity index is 1.56. The molecule has 0 radical (unpaired) electrons. The predicted octanol–water partition coefficient (Wildman–Crippen LogP) is 5.26. The van der Waals surface area contributed by atoms with E-state index in [-0.39, 0.29) is 27.5 Å². The molecule has 1 atom stereocenters. The van der Waals surface area contributed by atoms with Gasteiger partial charge < -0.3 is 14.6 Å². The third-order valence-electron chi connectivity index (χ3n) is 6.20. The van der Waals surface area contributed by atoms with Crippen LogP contribution in [-0.4, -0.2) is 39.9 Å². The number of nitrogens with zero attached hydrogens (tertiary/aromatic N) is 3. The molecule has 0 saturated carbocycles. The number of hydrogen-bond donors (Lipinski definition) is 1. The van der Waals surface area contributed by atoms with Crippen LogP contribution in [0.5, 0.6) is 11.5 Å². The molecule has 1 aromatic heterocycles. The van der Waals surface area contributed by atoms with Crippen LogP contribution < -0.4 is 14.4 Å². The highest BCUT2D eigenvalue weighted by Gasteiger charge is 2.48. The molecular formula is C26H16ClN3O7S. The van der Waals surface area contributed by atoms with Crippen LogP contribution in [-0.2, 0) is 9.59 Å². The van der Waals surface area contributed by atoms with E-state index in [9.17, 15) is 24.8 Å². The fraction of sp³-hybridized carbons (Fsp3) is 0.115. The van der Waals surface area contributed by atoms with Crippen LogP contribution in [0.25, 0.3) is 16.0 Å². The number of fused-ring (bicyclic) bond motifs is 2. The molecule has 2 aliphatic heterocycles. The van der Waals surface area contributed by atoms with Crippen molar-refractivity contribution in [3.05, 3.63) is 92.5 Å². The first-order valence-electron chi connectivity index (χ1n) is 11.3. The second kappa shape index (κ2) is 9.12. The Hall–Kier alpha value is -4.48. The number of ketones is 1. The van der Waals surface area contributed by atoms with Gasteiger partial charge in [0.1, 0.15) is 19.0 Å². The van der Waals surface area contributed by atoms with Crippen LogP contribution in [0.4, 0.5) is 10.8 Å². The highest BCUT2D eigenvalue weighted by atomic mass is 35.5. The monoisotopic (exact) mass is 549 g/mol. The average Bonchev–Trinajstić information content (AvgIpc) is 3.45. The fourth-order valence-corrected chi connectivity index (χ4v) is 5.76. The first kappa shape index (κ1) is 23.9. The number of aliphatic hydroxyl groups excluding tert-OH is 1. The number of nitro groups is 1. The fourth-order valence-electron chi connectivity index (χ4n) is 4.49. The Bertz CT molecular complexity index is 1700. The summed E-state index contributed by atoms with van der Waals surface area (Å²) in [6.07, 6.45) is 0. The van der Waals surface area contributed by atoms with E-state index in [4.69, 9.17) is 21.1 Å². The van der Waals surface area contributed by atoms with E-state index in [1.54, 1.807) is 36.4 Å². The molecule has 38 heavy (non-hydrogen) atoms. The highest BCUT2D eigenvalue weighted by molar-refractivity contribution is 7.22. The van der Waals surface area contributed by atoms with Gasteiger partial charge in [-0.2, -0.15) is 0 Å². The molecule has 1 saturated heterocycles. The molecule has 1 fully saturated rings. The molecule has 0 unspecified atom stereocenters. The van der Waals surface area contributed by atoms with Crippen LogP contribution in [0.2, 0.25) is 5.02 Å². The second-order valence-corrected chi connectivity index (χ2v) is 9.93. The van der Waals surface area contributed by atoms with Crippen molar-refractivity contribution in [1.29, 1.82) is 0 Å². The summed E-state index contributed by atoms with van der Waals surface area (Å²) in [5.41, 5.74) is 0.572. The summed E-state index contributed by atoms with van der Waals surface area (Å²) in [4.78, 5) is 43.5. The number of ether oxygens (including phenoxy) is 2. The number of nitro benzene ring substituents is 1. The van der Waals surface area contributed by atoms with Crippen molar-refractivity contribution in [2.45, 2.75) is 6.04 Å². The molecular weight excluding hydrogens is 534 g/mol. The van der Waals surface area contributed by atoms with E-state index in [0.717, 1.165) is 16.2 Å². The van der Waals surface area contributed by atoms with Gasteiger partial charge in [0.15, 0.2) is 16.6 Å². The van der Waals surface area contributed by atoms with Gasteiger partial charge in [0, 0.05) is 22.7 Å². The molecule has 1 amide bonds. The quantitative estimate of drug-likeness (QED) is 0.120. The van der Waals surface area contributed by atoms with Crippen molar-refractivity contribution in [1.82, 2.24) is 4.98 Å². The van der Waals surface area contributed by atoms with E-state index in [1.807, 2.05) is 0 Å². The summed E-state index contributed by atoms with van der Waals surface area (Å²) < 4.78 is 11.8. The van der Waals surface area contributed by atoms with Crippen LogP contribution in [0.1, 0.15) is 17.2 Å². The zero-order chi connectivity index (χ0) is 26.6. The summed E-state index contributed by atoms with van der Waals surface area (Å²) in [5.74, 6) is -1.47. The number of carbonyl (C=O) groups excluding carboxylic acids is 2. The zero-order valence-corrected chi connectivity index (χ0v) is 20.9. The summed E-state index contributed by atoms with van der Waals surface area (Å²) >= 11 is 7.25. The normalized spacial score (nSPS) is 18.2. The number of amides is 1. The minimum absolute atomic E-state index is 0.182. The smallest absolute Gasteiger partial charge is 0.301 e. The summed E-state index contributed by atoms with van der Waals surface area (Å²) in [6, 6.07) is 14.1. The molecule has 12 heteroatoms. The van der Waals surface area contributed by atoms with Crippen molar-refractivity contribution in [3.63, 3.8) is 0 Å². The second-order valence-electron chi connectivity index (χ2n) is 8.49. The lowest BCUT2D eigenvalue weighted by atomic mass is 9.95. The van der Waals surface area contributed by atoms with Crippen LogP contribution in [0, 0.1) is 10.1 Å². The Morgan fingerprint density at radius 2 is 1.87 bits per heavy atom. The Morgan fingerprint density at radius 1 is 1.08 bits per heavy atom. The summed E-state index contributed by atoms with van der Waals surface area (Å²) in [6.45, 7) is 0.695. The molecule has 0 aliphatic carbocycles. The number of non-ortho nitro benzene ring substituents is 1. The third-order valence-corrected chi connectivity index (χ3v) is 7.45. The van der Waals surface area contributed by atoms with Crippen LogP contribution >= 0.6 is 22.9 Å². The molecule has 0 spiro atoms. The molecule has 6 rings (SSSR count). The molecule has 3 aromatic carbocycles. The van der Waals surface area contributed by atoms with Gasteiger partial charge in [-0.1, -0.05) is 35.1 Å². The molecule has 10 nitrogen and oxygen atoms in total. The zero-order valence-electron chi connectivity index (χ0n) is 19.3. The Morgan fingerprint density at radius 3 is 2.66 bits per heavy atom. The maximum atomic E-state index is 13.4. The molecule has 3 heterocycles. The van der Waals surface area contributed by atoms with Crippen molar-refractivity contribution in [3.8, 4) is 11.5 Å². The van der Waals surface area contributed by atoms with Gasteiger partial charge in [-0.15, -0.1) is 0 Å². The first-order chi connectivity index (χ1) is 18.3. The number of thiazole rings is 1. The topological polar surface area (TPSA) is 132 Å². The van der Waals surface area contributed by atoms with Crippen molar-refractivity contribution in [2.75, 3.05) is 18.1 Å². The van der Waals surface area contributed by atoms with Gasteiger partial charge in [0.25, 0.3) is 11.5 Å². The van der Waals surface area contributed by atoms with Gasteiger partial charge in [-0.25, -0.2) is 4.98 Å². The number of halogens is 1. The van der Waals surface area contributed by atoms with E-state index in [1.165, 1.54) is 24.3 Å². The third kappa shape index (κ3) is 3.92. The lowest BCUT2D eigenvalue weighted by Gasteiger charge is -2.23. The maximum absolute atomic E-state index is 13.4.